The van der Waals surface area contributed by atoms with Gasteiger partial charge in [-0.25, -0.2) is 4.79 Å². The molecule has 1 heterocycles. The van der Waals surface area contributed by atoms with Crippen LogP contribution in [-0.4, -0.2) is 60.5 Å². The van der Waals surface area contributed by atoms with Crippen LogP contribution >= 0.6 is 0 Å². The molecule has 1 aliphatic rings. The van der Waals surface area contributed by atoms with Crippen molar-refractivity contribution in [2.75, 3.05) is 38.0 Å². The van der Waals surface area contributed by atoms with E-state index in [4.69, 9.17) is 0 Å². The van der Waals surface area contributed by atoms with Crippen LogP contribution in [0.5, 0.6) is 0 Å². The fourth-order valence-corrected chi connectivity index (χ4v) is 3.83. The number of carbonyl (C=O) groups excluding carboxylic acids is 2. The molecule has 0 spiro atoms. The molecule has 3 amide bonds. The lowest BCUT2D eigenvalue weighted by Gasteiger charge is -2.31. The number of likely N-dealkylation sites (N-methyl/N-ethyl adjacent to an activating group) is 1. The Labute approximate surface area is 169 Å². The van der Waals surface area contributed by atoms with Crippen molar-refractivity contribution in [3.63, 3.8) is 0 Å². The minimum absolute atomic E-state index is 0.0734. The van der Waals surface area contributed by atoms with Gasteiger partial charge in [0.15, 0.2) is 0 Å². The third-order valence-corrected chi connectivity index (χ3v) is 5.35. The van der Waals surface area contributed by atoms with Gasteiger partial charge in [-0.3, -0.25) is 9.69 Å². The Kier molecular flexibility index (Phi) is 8.77. The van der Waals surface area contributed by atoms with E-state index in [9.17, 15) is 9.59 Å². The van der Waals surface area contributed by atoms with Crippen LogP contribution in [0.1, 0.15) is 57.3 Å². The van der Waals surface area contributed by atoms with E-state index in [1.54, 1.807) is 24.3 Å². The summed E-state index contributed by atoms with van der Waals surface area (Å²) in [5.74, 6) is 0.653. The maximum absolute atomic E-state index is 12.4. The van der Waals surface area contributed by atoms with Crippen LogP contribution in [0.3, 0.4) is 0 Å². The zero-order valence-electron chi connectivity index (χ0n) is 17.8. The number of anilines is 1. The van der Waals surface area contributed by atoms with E-state index in [1.165, 1.54) is 0 Å². The Morgan fingerprint density at radius 2 is 1.68 bits per heavy atom. The van der Waals surface area contributed by atoms with Crippen molar-refractivity contribution in [2.24, 2.45) is 5.92 Å². The smallest absolute Gasteiger partial charge is 0.319 e. The highest BCUT2D eigenvalue weighted by atomic mass is 16.2. The van der Waals surface area contributed by atoms with Gasteiger partial charge in [-0.15, -0.1) is 0 Å². The van der Waals surface area contributed by atoms with Crippen molar-refractivity contribution in [2.45, 2.75) is 53.0 Å². The van der Waals surface area contributed by atoms with Crippen LogP contribution in [0, 0.1) is 5.92 Å². The number of urea groups is 1. The first-order valence-electron chi connectivity index (χ1n) is 10.6. The Balaban J connectivity index is 1.86. The summed E-state index contributed by atoms with van der Waals surface area (Å²) in [4.78, 5) is 29.0. The predicted octanol–water partition coefficient (Wildman–Crippen LogP) is 3.80. The predicted molar refractivity (Wildman–Crippen MR) is 115 cm³/mol. The zero-order valence-corrected chi connectivity index (χ0v) is 17.8. The number of amides is 3. The Morgan fingerprint density at radius 3 is 2.21 bits per heavy atom. The number of benzene rings is 1. The number of hydrogen-bond donors (Lipinski definition) is 2. The molecular weight excluding hydrogens is 352 g/mol. The molecule has 0 bridgehead atoms. The lowest BCUT2D eigenvalue weighted by atomic mass is 10.0. The Morgan fingerprint density at radius 1 is 1.07 bits per heavy atom. The molecule has 2 rings (SSSR count). The molecular formula is C22H36N4O2. The number of nitrogens with zero attached hydrogens (tertiary/aromatic N) is 2. The van der Waals surface area contributed by atoms with Crippen LogP contribution in [-0.2, 0) is 0 Å². The second kappa shape index (κ2) is 11.1. The van der Waals surface area contributed by atoms with Crippen molar-refractivity contribution in [1.29, 1.82) is 0 Å². The van der Waals surface area contributed by atoms with Gasteiger partial charge >= 0.3 is 6.03 Å². The Bertz CT molecular complexity index is 620. The molecule has 0 saturated carbocycles. The van der Waals surface area contributed by atoms with Crippen molar-refractivity contribution in [1.82, 2.24) is 15.1 Å². The van der Waals surface area contributed by atoms with E-state index < -0.39 is 0 Å². The highest BCUT2D eigenvalue weighted by molar-refractivity contribution is 5.95. The highest BCUT2D eigenvalue weighted by Crippen LogP contribution is 2.16. The SMILES string of the molecule is CCN(CC)C(CNC(=O)Nc1ccc(C(=O)N2CCCC2)cc1)CC(C)C. The molecule has 0 aromatic heterocycles. The van der Waals surface area contributed by atoms with E-state index in [0.29, 0.717) is 29.8 Å². The third-order valence-electron chi connectivity index (χ3n) is 5.35. The van der Waals surface area contributed by atoms with Gasteiger partial charge in [0.25, 0.3) is 5.91 Å². The quantitative estimate of drug-likeness (QED) is 0.676. The largest absolute Gasteiger partial charge is 0.339 e. The molecule has 1 fully saturated rings. The van der Waals surface area contributed by atoms with E-state index in [2.05, 4.69) is 43.2 Å². The second-order valence-electron chi connectivity index (χ2n) is 7.92. The van der Waals surface area contributed by atoms with E-state index in [0.717, 1.165) is 45.4 Å². The van der Waals surface area contributed by atoms with E-state index >= 15 is 0 Å². The molecule has 1 unspecified atom stereocenters. The average Bonchev–Trinajstić information content (AvgIpc) is 3.21. The molecule has 0 radical (unpaired) electrons. The molecule has 156 valence electrons. The molecule has 2 N–H and O–H groups in total. The molecule has 1 aromatic rings. The van der Waals surface area contributed by atoms with Gasteiger partial charge in [-0.2, -0.15) is 0 Å². The number of rotatable bonds is 9. The minimum Gasteiger partial charge on any atom is -0.339 e. The summed E-state index contributed by atoms with van der Waals surface area (Å²) in [6.07, 6.45) is 3.21. The summed E-state index contributed by atoms with van der Waals surface area (Å²) in [6.45, 7) is 13.0. The standard InChI is InChI=1S/C22H36N4O2/c1-5-25(6-2)20(15-17(3)4)16-23-22(28)24-19-11-9-18(10-12-19)21(27)26-13-7-8-14-26/h9-12,17,20H,5-8,13-16H2,1-4H3,(H2,23,24,28). The molecule has 28 heavy (non-hydrogen) atoms. The topological polar surface area (TPSA) is 64.7 Å². The van der Waals surface area contributed by atoms with Crippen LogP contribution in [0.15, 0.2) is 24.3 Å². The summed E-state index contributed by atoms with van der Waals surface area (Å²) < 4.78 is 0. The summed E-state index contributed by atoms with van der Waals surface area (Å²) in [7, 11) is 0. The summed E-state index contributed by atoms with van der Waals surface area (Å²) >= 11 is 0. The normalized spacial score (nSPS) is 15.1. The second-order valence-corrected chi connectivity index (χ2v) is 7.92. The molecule has 6 heteroatoms. The van der Waals surface area contributed by atoms with E-state index in [1.807, 2.05) is 4.90 Å². The van der Waals surface area contributed by atoms with Crippen molar-refractivity contribution in [3.05, 3.63) is 29.8 Å². The van der Waals surface area contributed by atoms with Gasteiger partial charge in [0.1, 0.15) is 0 Å². The number of hydrogen-bond acceptors (Lipinski definition) is 3. The fraction of sp³-hybridized carbons (Fsp3) is 0.636. The van der Waals surface area contributed by atoms with E-state index in [-0.39, 0.29) is 11.9 Å². The first kappa shape index (κ1) is 22.2. The molecule has 1 aliphatic heterocycles. The maximum atomic E-state index is 12.4. The van der Waals surface area contributed by atoms with Gasteiger partial charge < -0.3 is 15.5 Å². The maximum Gasteiger partial charge on any atom is 0.319 e. The lowest BCUT2D eigenvalue weighted by Crippen LogP contribution is -2.45. The van der Waals surface area contributed by atoms with Gasteiger partial charge in [-0.1, -0.05) is 27.7 Å². The molecule has 1 atom stereocenters. The third kappa shape index (κ3) is 6.51. The van der Waals surface area contributed by atoms with Crippen molar-refractivity contribution in [3.8, 4) is 0 Å². The molecule has 1 aromatic carbocycles. The molecule has 1 saturated heterocycles. The van der Waals surface area contributed by atoms with Gasteiger partial charge in [0, 0.05) is 36.9 Å². The number of likely N-dealkylation sites (tertiary alicyclic amines) is 1. The highest BCUT2D eigenvalue weighted by Gasteiger charge is 2.20. The molecule has 6 nitrogen and oxygen atoms in total. The number of carbonyl (C=O) groups is 2. The van der Waals surface area contributed by atoms with Gasteiger partial charge in [-0.05, 0) is 62.5 Å². The lowest BCUT2D eigenvalue weighted by molar-refractivity contribution is 0.0793. The zero-order chi connectivity index (χ0) is 20.5. The summed E-state index contributed by atoms with van der Waals surface area (Å²) in [6, 6.07) is 7.28. The Hall–Kier alpha value is -2.08. The summed E-state index contributed by atoms with van der Waals surface area (Å²) in [5.41, 5.74) is 1.37. The van der Waals surface area contributed by atoms with Crippen LogP contribution in [0.2, 0.25) is 0 Å². The fourth-order valence-electron chi connectivity index (χ4n) is 3.83. The average molecular weight is 389 g/mol. The monoisotopic (exact) mass is 388 g/mol. The van der Waals surface area contributed by atoms with Crippen molar-refractivity contribution < 1.29 is 9.59 Å². The number of nitrogens with one attached hydrogen (secondary N) is 2. The van der Waals surface area contributed by atoms with Gasteiger partial charge in [0.2, 0.25) is 0 Å². The van der Waals surface area contributed by atoms with Gasteiger partial charge in [0.05, 0.1) is 0 Å². The molecule has 0 aliphatic carbocycles. The first-order valence-corrected chi connectivity index (χ1v) is 10.6. The van der Waals surface area contributed by atoms with Crippen LogP contribution < -0.4 is 10.6 Å². The first-order chi connectivity index (χ1) is 13.4. The van der Waals surface area contributed by atoms with Crippen LogP contribution in [0.4, 0.5) is 10.5 Å². The minimum atomic E-state index is -0.209. The van der Waals surface area contributed by atoms with Crippen LogP contribution in [0.25, 0.3) is 0 Å². The van der Waals surface area contributed by atoms with Crippen molar-refractivity contribution >= 4 is 17.6 Å². The summed E-state index contributed by atoms with van der Waals surface area (Å²) in [5, 5.41) is 5.87.